The van der Waals surface area contributed by atoms with Gasteiger partial charge in [-0.25, -0.2) is 8.42 Å². The van der Waals surface area contributed by atoms with Gasteiger partial charge in [-0.3, -0.25) is 0 Å². The summed E-state index contributed by atoms with van der Waals surface area (Å²) in [5, 5.41) is 3.28. The highest BCUT2D eigenvalue weighted by atomic mass is 32.2. The summed E-state index contributed by atoms with van der Waals surface area (Å²) in [4.78, 5) is -0.398. The minimum Gasteiger partial charge on any atom is -0.486 e. The van der Waals surface area contributed by atoms with Gasteiger partial charge in [0.05, 0.1) is 10.9 Å². The number of anilines is 1. The van der Waals surface area contributed by atoms with Gasteiger partial charge in [-0.1, -0.05) is 13.0 Å². The fourth-order valence-corrected chi connectivity index (χ4v) is 3.46. The summed E-state index contributed by atoms with van der Waals surface area (Å²) < 4.78 is 59.3. The third-order valence-electron chi connectivity index (χ3n) is 4.14. The van der Waals surface area contributed by atoms with Crippen LogP contribution < -0.4 is 14.8 Å². The lowest BCUT2D eigenvalue weighted by Gasteiger charge is -2.23. The number of halogens is 2. The Bertz CT molecular complexity index is 869. The third-order valence-corrected chi connectivity index (χ3v) is 5.53. The lowest BCUT2D eigenvalue weighted by atomic mass is 10.0. The zero-order valence-corrected chi connectivity index (χ0v) is 14.9. The van der Waals surface area contributed by atoms with Crippen molar-refractivity contribution in [2.75, 3.05) is 18.5 Å². The van der Waals surface area contributed by atoms with Crippen molar-refractivity contribution in [3.8, 4) is 11.5 Å². The summed E-state index contributed by atoms with van der Waals surface area (Å²) in [6.45, 7) is 3.03. The molecule has 3 rings (SSSR count). The van der Waals surface area contributed by atoms with Crippen LogP contribution in [0.5, 0.6) is 11.5 Å². The van der Waals surface area contributed by atoms with E-state index in [1.165, 1.54) is 24.3 Å². The number of ether oxygens (including phenoxy) is 2. The van der Waals surface area contributed by atoms with E-state index in [0.29, 0.717) is 30.4 Å². The maximum absolute atomic E-state index is 12.6. The van der Waals surface area contributed by atoms with E-state index >= 15 is 0 Å². The predicted octanol–water partition coefficient (Wildman–Crippen LogP) is 4.02. The molecule has 140 valence electrons. The molecule has 0 saturated heterocycles. The Morgan fingerprint density at radius 1 is 1.04 bits per heavy atom. The van der Waals surface area contributed by atoms with Gasteiger partial charge in [0, 0.05) is 5.69 Å². The van der Waals surface area contributed by atoms with Crippen molar-refractivity contribution >= 4 is 15.5 Å². The van der Waals surface area contributed by atoms with E-state index in [9.17, 15) is 17.2 Å². The van der Waals surface area contributed by atoms with Crippen molar-refractivity contribution in [2.45, 2.75) is 30.0 Å². The number of benzene rings is 2. The molecule has 1 aliphatic heterocycles. The van der Waals surface area contributed by atoms with Gasteiger partial charge in [0.25, 0.3) is 0 Å². The molecule has 8 heteroatoms. The minimum absolute atomic E-state index is 0.0524. The van der Waals surface area contributed by atoms with E-state index in [1.54, 1.807) is 0 Å². The van der Waals surface area contributed by atoms with Crippen molar-refractivity contribution in [1.82, 2.24) is 0 Å². The van der Waals surface area contributed by atoms with Gasteiger partial charge in [-0.15, -0.1) is 0 Å². The van der Waals surface area contributed by atoms with Gasteiger partial charge in [-0.2, -0.15) is 8.78 Å². The Hall–Kier alpha value is -2.35. The second kappa shape index (κ2) is 7.49. The van der Waals surface area contributed by atoms with E-state index < -0.39 is 20.5 Å². The quantitative estimate of drug-likeness (QED) is 0.816. The van der Waals surface area contributed by atoms with E-state index in [2.05, 4.69) is 5.32 Å². The molecule has 1 aliphatic rings. The second-order valence-corrected chi connectivity index (χ2v) is 7.76. The number of rotatable bonds is 6. The maximum atomic E-state index is 12.6. The van der Waals surface area contributed by atoms with E-state index in [0.717, 1.165) is 12.0 Å². The van der Waals surface area contributed by atoms with Gasteiger partial charge in [-0.05, 0) is 48.4 Å². The molecule has 0 bridgehead atoms. The largest absolute Gasteiger partial charge is 0.486 e. The van der Waals surface area contributed by atoms with Crippen molar-refractivity contribution in [1.29, 1.82) is 0 Å². The summed E-state index contributed by atoms with van der Waals surface area (Å²) in [6.07, 6.45) is 0.761. The lowest BCUT2D eigenvalue weighted by molar-refractivity contribution is 0.171. The number of fused-ring (bicyclic) bond motifs is 1. The van der Waals surface area contributed by atoms with Crippen molar-refractivity contribution < 1.29 is 26.7 Å². The number of alkyl halides is 2. The first-order valence-electron chi connectivity index (χ1n) is 8.20. The molecule has 2 aromatic rings. The smallest absolute Gasteiger partial charge is 0.341 e. The van der Waals surface area contributed by atoms with Crippen LogP contribution in [0.4, 0.5) is 14.5 Å². The van der Waals surface area contributed by atoms with Crippen molar-refractivity contribution in [3.63, 3.8) is 0 Å². The number of hydrogen-bond acceptors (Lipinski definition) is 5. The Labute approximate surface area is 150 Å². The predicted molar refractivity (Wildman–Crippen MR) is 93.7 cm³/mol. The standard InChI is InChI=1S/C18H19F2NO4S/c1-2-15(12-3-8-16-17(11-12)25-10-9-24-16)21-13-4-6-14(7-5-13)26(22,23)18(19)20/h3-8,11,15,18,21H,2,9-10H2,1H3. The summed E-state index contributed by atoms with van der Waals surface area (Å²) in [7, 11) is -4.58. The molecule has 5 nitrogen and oxygen atoms in total. The monoisotopic (exact) mass is 383 g/mol. The number of hydrogen-bond donors (Lipinski definition) is 1. The van der Waals surface area contributed by atoms with Gasteiger partial charge >= 0.3 is 5.76 Å². The first kappa shape index (κ1) is 18.4. The fraction of sp³-hybridized carbons (Fsp3) is 0.333. The highest BCUT2D eigenvalue weighted by Crippen LogP contribution is 2.34. The second-order valence-electron chi connectivity index (χ2n) is 5.84. The zero-order valence-electron chi connectivity index (χ0n) is 14.1. The summed E-state index contributed by atoms with van der Waals surface area (Å²) in [5.41, 5.74) is 1.63. The van der Waals surface area contributed by atoms with Crippen LogP contribution in [0.15, 0.2) is 47.4 Å². The van der Waals surface area contributed by atoms with Crippen LogP contribution in [0.1, 0.15) is 24.9 Å². The highest BCUT2D eigenvalue weighted by molar-refractivity contribution is 7.91. The van der Waals surface area contributed by atoms with Crippen LogP contribution in [0.2, 0.25) is 0 Å². The average molecular weight is 383 g/mol. The maximum Gasteiger partial charge on any atom is 0.341 e. The molecule has 0 saturated carbocycles. The molecule has 0 fully saturated rings. The molecule has 0 amide bonds. The molecule has 1 unspecified atom stereocenters. The van der Waals surface area contributed by atoms with Crippen LogP contribution in [0.3, 0.4) is 0 Å². The average Bonchev–Trinajstić information content (AvgIpc) is 2.66. The Balaban J connectivity index is 1.78. The molecule has 2 aromatic carbocycles. The summed E-state index contributed by atoms with van der Waals surface area (Å²) in [5.74, 6) is -2.04. The van der Waals surface area contributed by atoms with E-state index in [1.807, 2.05) is 25.1 Å². The van der Waals surface area contributed by atoms with Crippen LogP contribution in [-0.4, -0.2) is 27.4 Å². The summed E-state index contributed by atoms with van der Waals surface area (Å²) in [6, 6.07) is 11.0. The van der Waals surface area contributed by atoms with Gasteiger partial charge in [0.1, 0.15) is 13.2 Å². The molecule has 1 N–H and O–H groups in total. The van der Waals surface area contributed by atoms with Crippen molar-refractivity contribution in [2.24, 2.45) is 0 Å². The number of nitrogens with one attached hydrogen (secondary N) is 1. The molecular formula is C18H19F2NO4S. The molecule has 1 atom stereocenters. The Kier molecular flexibility index (Phi) is 5.31. The van der Waals surface area contributed by atoms with Crippen LogP contribution in [-0.2, 0) is 9.84 Å². The van der Waals surface area contributed by atoms with Crippen LogP contribution >= 0.6 is 0 Å². The Morgan fingerprint density at radius 2 is 1.69 bits per heavy atom. The third kappa shape index (κ3) is 3.75. The molecule has 0 aromatic heterocycles. The molecule has 0 aliphatic carbocycles. The highest BCUT2D eigenvalue weighted by Gasteiger charge is 2.26. The molecule has 0 radical (unpaired) electrons. The minimum atomic E-state index is -4.58. The first-order valence-corrected chi connectivity index (χ1v) is 9.74. The van der Waals surface area contributed by atoms with E-state index in [4.69, 9.17) is 9.47 Å². The number of sulfone groups is 1. The Morgan fingerprint density at radius 3 is 2.31 bits per heavy atom. The van der Waals surface area contributed by atoms with Crippen LogP contribution in [0, 0.1) is 0 Å². The molecule has 0 spiro atoms. The van der Waals surface area contributed by atoms with E-state index in [-0.39, 0.29) is 6.04 Å². The first-order chi connectivity index (χ1) is 12.4. The van der Waals surface area contributed by atoms with Crippen molar-refractivity contribution in [3.05, 3.63) is 48.0 Å². The summed E-state index contributed by atoms with van der Waals surface area (Å²) >= 11 is 0. The van der Waals surface area contributed by atoms with Gasteiger partial charge in [0.15, 0.2) is 11.5 Å². The molecule has 1 heterocycles. The van der Waals surface area contributed by atoms with Crippen LogP contribution in [0.25, 0.3) is 0 Å². The molecular weight excluding hydrogens is 364 g/mol. The molecule has 26 heavy (non-hydrogen) atoms. The van der Waals surface area contributed by atoms with Gasteiger partial charge < -0.3 is 14.8 Å². The topological polar surface area (TPSA) is 64.6 Å². The zero-order chi connectivity index (χ0) is 18.7. The normalized spacial score (nSPS) is 14.9. The van der Waals surface area contributed by atoms with Gasteiger partial charge in [0.2, 0.25) is 9.84 Å². The SMILES string of the molecule is CCC(Nc1ccc(S(=O)(=O)C(F)F)cc1)c1ccc2c(c1)OCCO2. The lowest BCUT2D eigenvalue weighted by Crippen LogP contribution is -2.16. The fourth-order valence-electron chi connectivity index (χ4n) is 2.74.